The molecule has 0 saturated carbocycles. The van der Waals surface area contributed by atoms with Gasteiger partial charge in [-0.3, -0.25) is 9.36 Å². The van der Waals surface area contributed by atoms with Gasteiger partial charge < -0.3 is 0 Å². The molecule has 0 spiro atoms. The highest BCUT2D eigenvalue weighted by atomic mass is 19.1. The highest BCUT2D eigenvalue weighted by Gasteiger charge is 2.13. The van der Waals surface area contributed by atoms with E-state index in [2.05, 4.69) is 4.98 Å². The summed E-state index contributed by atoms with van der Waals surface area (Å²) in [5, 5.41) is 2.12. The minimum atomic E-state index is -0.547. The zero-order valence-corrected chi connectivity index (χ0v) is 12.5. The van der Waals surface area contributed by atoms with E-state index >= 15 is 0 Å². The molecule has 0 unspecified atom stereocenters. The van der Waals surface area contributed by atoms with Crippen molar-refractivity contribution in [1.29, 1.82) is 0 Å². The Hall–Kier alpha value is -3.01. The van der Waals surface area contributed by atoms with E-state index in [9.17, 15) is 9.18 Å². The number of benzene rings is 3. The van der Waals surface area contributed by atoms with E-state index < -0.39 is 5.82 Å². The van der Waals surface area contributed by atoms with E-state index in [-0.39, 0.29) is 10.9 Å². The largest absolute Gasteiger partial charge is 0.268 e. The van der Waals surface area contributed by atoms with Crippen LogP contribution in [0.1, 0.15) is 5.82 Å². The predicted octanol–water partition coefficient (Wildman–Crippen LogP) is 3.99. The summed E-state index contributed by atoms with van der Waals surface area (Å²) < 4.78 is 15.5. The summed E-state index contributed by atoms with van der Waals surface area (Å²) in [6.07, 6.45) is 0. The van der Waals surface area contributed by atoms with Gasteiger partial charge in [-0.25, -0.2) is 9.37 Å². The third-order valence-electron chi connectivity index (χ3n) is 4.01. The van der Waals surface area contributed by atoms with Crippen LogP contribution >= 0.6 is 0 Å². The fraction of sp³-hybridized carbons (Fsp3) is 0.0526. The number of rotatable bonds is 1. The molecule has 0 N–H and O–H groups in total. The summed E-state index contributed by atoms with van der Waals surface area (Å²) >= 11 is 0. The van der Waals surface area contributed by atoms with Crippen molar-refractivity contribution in [2.24, 2.45) is 0 Å². The average Bonchev–Trinajstić information content (AvgIpc) is 2.54. The van der Waals surface area contributed by atoms with Crippen LogP contribution in [-0.2, 0) is 0 Å². The quantitative estimate of drug-likeness (QED) is 0.533. The normalized spacial score (nSPS) is 11.2. The minimum absolute atomic E-state index is 0.0197. The molecule has 4 heteroatoms. The van der Waals surface area contributed by atoms with E-state index in [1.165, 1.54) is 10.6 Å². The molecule has 3 nitrogen and oxygen atoms in total. The lowest BCUT2D eigenvalue weighted by Gasteiger charge is -2.12. The van der Waals surface area contributed by atoms with Gasteiger partial charge in [0.25, 0.3) is 5.56 Å². The van der Waals surface area contributed by atoms with Crippen molar-refractivity contribution in [2.75, 3.05) is 0 Å². The molecule has 0 aliphatic heterocycles. The number of fused-ring (bicyclic) bond motifs is 2. The third kappa shape index (κ3) is 2.11. The van der Waals surface area contributed by atoms with E-state index in [1.54, 1.807) is 19.1 Å². The Morgan fingerprint density at radius 3 is 2.57 bits per heavy atom. The number of aromatic nitrogens is 2. The van der Waals surface area contributed by atoms with Crippen LogP contribution in [0.5, 0.6) is 0 Å². The molecule has 0 saturated heterocycles. The molecule has 3 aromatic carbocycles. The summed E-state index contributed by atoms with van der Waals surface area (Å²) in [5.74, 6) is -0.0158. The Balaban J connectivity index is 2.07. The number of hydrogen-bond acceptors (Lipinski definition) is 2. The molecule has 0 bridgehead atoms. The maximum Gasteiger partial charge on any atom is 0.268 e. The topological polar surface area (TPSA) is 34.9 Å². The van der Waals surface area contributed by atoms with Crippen LogP contribution in [0.4, 0.5) is 4.39 Å². The molecule has 0 atom stereocenters. The maximum absolute atomic E-state index is 14.1. The first-order chi connectivity index (χ1) is 11.1. The molecule has 1 heterocycles. The molecule has 1 aromatic heterocycles. The van der Waals surface area contributed by atoms with E-state index in [4.69, 9.17) is 0 Å². The first-order valence-electron chi connectivity index (χ1n) is 7.32. The van der Waals surface area contributed by atoms with Crippen LogP contribution in [0, 0.1) is 12.7 Å². The Kier molecular flexibility index (Phi) is 2.98. The Morgan fingerprint density at radius 1 is 0.957 bits per heavy atom. The standard InChI is InChI=1S/C19H13FN2O/c1-12-21-17-8-4-7-16(20)18(17)19(23)22(12)15-10-9-13-5-2-3-6-14(13)11-15/h2-11H,1H3. The van der Waals surface area contributed by atoms with Gasteiger partial charge in [-0.1, -0.05) is 36.4 Å². The van der Waals surface area contributed by atoms with Gasteiger partial charge >= 0.3 is 0 Å². The van der Waals surface area contributed by atoms with Gasteiger partial charge in [0.1, 0.15) is 17.0 Å². The van der Waals surface area contributed by atoms with Gasteiger partial charge in [-0.05, 0) is 42.0 Å². The first-order valence-corrected chi connectivity index (χ1v) is 7.32. The molecule has 23 heavy (non-hydrogen) atoms. The van der Waals surface area contributed by atoms with Gasteiger partial charge in [0.15, 0.2) is 0 Å². The monoisotopic (exact) mass is 304 g/mol. The minimum Gasteiger partial charge on any atom is -0.268 e. The van der Waals surface area contributed by atoms with Crippen LogP contribution in [0.25, 0.3) is 27.4 Å². The molecule has 0 aliphatic rings. The summed E-state index contributed by atoms with van der Waals surface area (Å²) in [4.78, 5) is 17.2. The second kappa shape index (κ2) is 5.02. The van der Waals surface area contributed by atoms with Crippen molar-refractivity contribution < 1.29 is 4.39 Å². The zero-order valence-electron chi connectivity index (χ0n) is 12.5. The average molecular weight is 304 g/mol. The van der Waals surface area contributed by atoms with Gasteiger partial charge in [0.2, 0.25) is 0 Å². The SMILES string of the molecule is Cc1nc2cccc(F)c2c(=O)n1-c1ccc2ccccc2c1. The maximum atomic E-state index is 14.1. The van der Waals surface area contributed by atoms with Gasteiger partial charge in [-0.2, -0.15) is 0 Å². The Morgan fingerprint density at radius 2 is 1.74 bits per heavy atom. The highest BCUT2D eigenvalue weighted by molar-refractivity contribution is 5.85. The Labute approximate surface area is 131 Å². The molecular weight excluding hydrogens is 291 g/mol. The number of nitrogens with zero attached hydrogens (tertiary/aromatic N) is 2. The molecule has 4 aromatic rings. The summed E-state index contributed by atoms with van der Waals surface area (Å²) in [6, 6.07) is 18.1. The van der Waals surface area contributed by atoms with E-state index in [1.807, 2.05) is 42.5 Å². The lowest BCUT2D eigenvalue weighted by Crippen LogP contribution is -2.23. The number of hydrogen-bond donors (Lipinski definition) is 0. The van der Waals surface area contributed by atoms with Crippen LogP contribution in [0.2, 0.25) is 0 Å². The molecule has 0 aliphatic carbocycles. The fourth-order valence-corrected chi connectivity index (χ4v) is 2.92. The molecule has 4 rings (SSSR count). The van der Waals surface area contributed by atoms with Gasteiger partial charge in [0, 0.05) is 0 Å². The van der Waals surface area contributed by atoms with Crippen LogP contribution in [0.15, 0.2) is 65.5 Å². The first kappa shape index (κ1) is 13.6. The molecular formula is C19H13FN2O. The zero-order chi connectivity index (χ0) is 16.0. The molecule has 0 fully saturated rings. The Bertz CT molecular complexity index is 1120. The summed E-state index contributed by atoms with van der Waals surface area (Å²) in [6.45, 7) is 1.75. The number of halogens is 1. The van der Waals surface area contributed by atoms with Gasteiger partial charge in [-0.15, -0.1) is 0 Å². The summed E-state index contributed by atoms with van der Waals surface area (Å²) in [7, 11) is 0. The predicted molar refractivity (Wildman–Crippen MR) is 89.5 cm³/mol. The summed E-state index contributed by atoms with van der Waals surface area (Å²) in [5.41, 5.74) is 0.675. The molecule has 112 valence electrons. The molecule has 0 amide bonds. The van der Waals surface area contributed by atoms with Crippen molar-refractivity contribution in [1.82, 2.24) is 9.55 Å². The van der Waals surface area contributed by atoms with Crippen molar-refractivity contribution in [2.45, 2.75) is 6.92 Å². The fourth-order valence-electron chi connectivity index (χ4n) is 2.92. The van der Waals surface area contributed by atoms with E-state index in [0.29, 0.717) is 17.0 Å². The third-order valence-corrected chi connectivity index (χ3v) is 4.01. The van der Waals surface area contributed by atoms with Gasteiger partial charge in [0.05, 0.1) is 11.2 Å². The smallest absolute Gasteiger partial charge is 0.268 e. The van der Waals surface area contributed by atoms with Crippen molar-refractivity contribution in [3.8, 4) is 5.69 Å². The second-order valence-electron chi connectivity index (χ2n) is 5.46. The molecule has 0 radical (unpaired) electrons. The van der Waals surface area contributed by atoms with Crippen LogP contribution < -0.4 is 5.56 Å². The lowest BCUT2D eigenvalue weighted by molar-refractivity contribution is 0.637. The highest BCUT2D eigenvalue weighted by Crippen LogP contribution is 2.20. The second-order valence-corrected chi connectivity index (χ2v) is 5.46. The van der Waals surface area contributed by atoms with E-state index in [0.717, 1.165) is 10.8 Å². The number of aryl methyl sites for hydroxylation is 1. The van der Waals surface area contributed by atoms with Crippen LogP contribution in [0.3, 0.4) is 0 Å². The van der Waals surface area contributed by atoms with Crippen molar-refractivity contribution in [3.05, 3.63) is 82.7 Å². The van der Waals surface area contributed by atoms with Crippen molar-refractivity contribution >= 4 is 21.7 Å². The van der Waals surface area contributed by atoms with Crippen LogP contribution in [-0.4, -0.2) is 9.55 Å². The van der Waals surface area contributed by atoms with Crippen molar-refractivity contribution in [3.63, 3.8) is 0 Å². The lowest BCUT2D eigenvalue weighted by atomic mass is 10.1.